The molecule has 0 bridgehead atoms. The van der Waals surface area contributed by atoms with Crippen molar-refractivity contribution in [1.82, 2.24) is 0 Å². The van der Waals surface area contributed by atoms with Crippen molar-refractivity contribution in [2.75, 3.05) is 0 Å². The minimum Gasteiger partial charge on any atom is -1.00 e. The van der Waals surface area contributed by atoms with E-state index in [-0.39, 0.29) is 24.8 Å². The fourth-order valence-electron chi connectivity index (χ4n) is 5.45. The molecule has 0 spiro atoms. The molecule has 210 valence electrons. The van der Waals surface area contributed by atoms with E-state index in [1.807, 2.05) is 0 Å². The van der Waals surface area contributed by atoms with Gasteiger partial charge in [-0.15, -0.1) is 0 Å². The van der Waals surface area contributed by atoms with Crippen molar-refractivity contribution in [1.29, 1.82) is 0 Å². The largest absolute Gasteiger partial charge is 1.00 e. The SMILES string of the molecule is CC1=Cc2c(-c3ccccc3)cccc2[CH]1[Hf+2][CH]1C(C)=Cc2c(-c3ccccc3)cccc21.C[SiH2][Si](C)(C)C.[Cl-].[Cl-]. The van der Waals surface area contributed by atoms with E-state index in [2.05, 4.69) is 149 Å². The monoisotopic (exact) mass is 778 g/mol. The molecule has 0 amide bonds. The van der Waals surface area contributed by atoms with Gasteiger partial charge in [0, 0.05) is 16.6 Å². The molecule has 0 aromatic heterocycles. The molecule has 0 nitrogen and oxygen atoms in total. The van der Waals surface area contributed by atoms with Gasteiger partial charge >= 0.3 is 209 Å². The molecule has 0 fully saturated rings. The van der Waals surface area contributed by atoms with E-state index in [1.54, 1.807) is 22.3 Å². The van der Waals surface area contributed by atoms with Crippen molar-refractivity contribution in [3.63, 3.8) is 0 Å². The Bertz CT molecular complexity index is 1410. The van der Waals surface area contributed by atoms with Crippen molar-refractivity contribution in [3.05, 3.63) is 130 Å². The van der Waals surface area contributed by atoms with Gasteiger partial charge in [-0.2, -0.15) is 0 Å². The first kappa shape index (κ1) is 33.7. The van der Waals surface area contributed by atoms with Crippen molar-refractivity contribution in [2.24, 2.45) is 0 Å². The van der Waals surface area contributed by atoms with Crippen LogP contribution in [0.5, 0.6) is 0 Å². The van der Waals surface area contributed by atoms with Gasteiger partial charge in [0.2, 0.25) is 0 Å². The number of rotatable bonds is 5. The van der Waals surface area contributed by atoms with Crippen molar-refractivity contribution in [3.8, 4) is 22.3 Å². The molecule has 5 heteroatoms. The van der Waals surface area contributed by atoms with Crippen LogP contribution in [0, 0.1) is 0 Å². The van der Waals surface area contributed by atoms with Gasteiger partial charge in [-0.25, -0.2) is 0 Å². The molecule has 0 aliphatic heterocycles. The third-order valence-corrected chi connectivity index (χ3v) is 24.5. The van der Waals surface area contributed by atoms with Crippen LogP contribution >= 0.6 is 0 Å². The second-order valence-corrected chi connectivity index (χ2v) is 31.7. The van der Waals surface area contributed by atoms with Crippen LogP contribution in [0.1, 0.15) is 43.5 Å². The van der Waals surface area contributed by atoms with Crippen LogP contribution in [0.15, 0.2) is 108 Å². The number of allylic oxidation sites excluding steroid dienone is 2. The minimum absolute atomic E-state index is 0. The van der Waals surface area contributed by atoms with E-state index < -0.39 is 30.5 Å². The van der Waals surface area contributed by atoms with Gasteiger partial charge in [-0.1, -0.05) is 26.2 Å². The van der Waals surface area contributed by atoms with Gasteiger partial charge in [0.1, 0.15) is 0 Å². The van der Waals surface area contributed by atoms with Crippen LogP contribution in [0.2, 0.25) is 26.2 Å². The maximum Gasteiger partial charge on any atom is 0.0307 e. The molecular formula is C36H40Cl2HfSi2. The fraction of sp³-hybridized carbons (Fsp3) is 0.222. The van der Waals surface area contributed by atoms with Gasteiger partial charge in [0.05, 0.1) is 0 Å². The molecule has 0 saturated carbocycles. The second-order valence-electron chi connectivity index (χ2n) is 12.1. The van der Waals surface area contributed by atoms with Gasteiger partial charge < -0.3 is 24.8 Å². The zero-order chi connectivity index (χ0) is 27.6. The molecule has 2 unspecified atom stereocenters. The van der Waals surface area contributed by atoms with Crippen LogP contribution < -0.4 is 24.8 Å². The number of hydrogen-bond acceptors (Lipinski definition) is 0. The summed E-state index contributed by atoms with van der Waals surface area (Å²) in [6.07, 6.45) is 4.95. The number of hydrogen-bond donors (Lipinski definition) is 0. The first-order valence-electron chi connectivity index (χ1n) is 14.3. The minimum atomic E-state index is -1.12. The Labute approximate surface area is 274 Å². The molecule has 0 saturated heterocycles. The molecule has 0 heterocycles. The molecule has 0 radical (unpaired) electrons. The molecule has 2 atom stereocenters. The number of halogens is 2. The Kier molecular flexibility index (Phi) is 12.0. The fourth-order valence-corrected chi connectivity index (χ4v) is 12.2. The maximum absolute atomic E-state index is 2.48. The predicted molar refractivity (Wildman–Crippen MR) is 174 cm³/mol. The molecule has 6 rings (SSSR count). The topological polar surface area (TPSA) is 0 Å². The quantitative estimate of drug-likeness (QED) is 0.271. The molecule has 2 aliphatic carbocycles. The van der Waals surface area contributed by atoms with Crippen LogP contribution in [0.25, 0.3) is 34.4 Å². The second kappa shape index (κ2) is 14.6. The van der Waals surface area contributed by atoms with Crippen molar-refractivity contribution in [2.45, 2.75) is 47.4 Å². The van der Waals surface area contributed by atoms with E-state index in [1.165, 1.54) is 33.4 Å². The first-order valence-corrected chi connectivity index (χ1v) is 25.6. The summed E-state index contributed by atoms with van der Waals surface area (Å²) in [7, 11) is -0.101. The van der Waals surface area contributed by atoms with E-state index in [4.69, 9.17) is 0 Å². The average molecular weight is 778 g/mol. The third-order valence-electron chi connectivity index (χ3n) is 8.12. The van der Waals surface area contributed by atoms with Gasteiger partial charge in [-0.3, -0.25) is 0 Å². The zero-order valence-electron chi connectivity index (χ0n) is 25.0. The standard InChI is InChI=1S/2C16H13.C4H14Si2.2ClH.Hf/c2*1-12-10-14-8-5-9-15(16(14)11-12)13-6-3-2-4-7-13;1-5-6(2,3)4;;;/h2*2-11H,1H3;5H2,1-4H3;2*1H;/q;;;;;+2/p-2. The van der Waals surface area contributed by atoms with Crippen LogP contribution in [0.4, 0.5) is 0 Å². The zero-order valence-corrected chi connectivity index (χ0v) is 32.5. The van der Waals surface area contributed by atoms with Gasteiger partial charge in [-0.05, 0) is 0 Å². The van der Waals surface area contributed by atoms with Crippen molar-refractivity contribution < 1.29 is 47.7 Å². The smallest absolute Gasteiger partial charge is 0.0307 e. The summed E-state index contributed by atoms with van der Waals surface area (Å²) in [5, 5.41) is 0. The summed E-state index contributed by atoms with van der Waals surface area (Å²) < 4.78 is 1.31. The van der Waals surface area contributed by atoms with E-state index >= 15 is 0 Å². The third kappa shape index (κ3) is 7.61. The Hall–Kier alpha value is -1.76. The normalized spacial score (nSPS) is 16.7. The maximum atomic E-state index is 2.48. The number of benzene rings is 4. The van der Waals surface area contributed by atoms with Crippen molar-refractivity contribution >= 4 is 28.8 Å². The molecule has 2 aliphatic rings. The van der Waals surface area contributed by atoms with E-state index in [9.17, 15) is 0 Å². The Morgan fingerprint density at radius 3 is 1.27 bits per heavy atom. The summed E-state index contributed by atoms with van der Waals surface area (Å²) in [5.41, 5.74) is 14.6. The summed E-state index contributed by atoms with van der Waals surface area (Å²) in [5.74, 6) is 0. The summed E-state index contributed by atoms with van der Waals surface area (Å²) in [6, 6.07) is 35.6. The van der Waals surface area contributed by atoms with Gasteiger partial charge in [0.15, 0.2) is 0 Å². The Morgan fingerprint density at radius 1 is 0.561 bits per heavy atom. The Balaban J connectivity index is 0.000000526. The van der Waals surface area contributed by atoms with Gasteiger partial charge in [0.25, 0.3) is 0 Å². The molecule has 4 aromatic carbocycles. The van der Waals surface area contributed by atoms with Crippen LogP contribution in [-0.2, 0) is 22.9 Å². The molecule has 0 N–H and O–H groups in total. The average Bonchev–Trinajstić information content (AvgIpc) is 3.45. The molecule has 4 aromatic rings. The molecule has 41 heavy (non-hydrogen) atoms. The predicted octanol–water partition coefficient (Wildman–Crippen LogP) is 3.77. The van der Waals surface area contributed by atoms with Crippen LogP contribution in [-0.4, -0.2) is 16.6 Å². The van der Waals surface area contributed by atoms with Crippen LogP contribution in [0.3, 0.4) is 0 Å². The molecular weight excluding hydrogens is 738 g/mol. The number of fused-ring (bicyclic) bond motifs is 2. The van der Waals surface area contributed by atoms with E-state index in [0.29, 0.717) is 16.4 Å². The summed E-state index contributed by atoms with van der Waals surface area (Å²) in [4.78, 5) is 0. The summed E-state index contributed by atoms with van der Waals surface area (Å²) >= 11 is -1.12. The summed E-state index contributed by atoms with van der Waals surface area (Å²) in [6.45, 7) is 14.5. The Morgan fingerprint density at radius 2 is 0.927 bits per heavy atom. The van der Waals surface area contributed by atoms with E-state index in [0.717, 1.165) is 0 Å². The first-order chi connectivity index (χ1) is 18.8.